The molecule has 1 aromatic heterocycles. The van der Waals surface area contributed by atoms with E-state index < -0.39 is 5.25 Å². The van der Waals surface area contributed by atoms with Crippen LogP contribution in [0.25, 0.3) is 11.3 Å². The van der Waals surface area contributed by atoms with Gasteiger partial charge in [-0.15, -0.1) is 0 Å². The van der Waals surface area contributed by atoms with Crippen LogP contribution in [0.4, 0.5) is 0 Å². The van der Waals surface area contributed by atoms with Gasteiger partial charge in [-0.2, -0.15) is 0 Å². The maximum absolute atomic E-state index is 13.1. The van der Waals surface area contributed by atoms with E-state index in [1.807, 2.05) is 6.07 Å². The van der Waals surface area contributed by atoms with E-state index in [9.17, 15) is 9.59 Å². The lowest BCUT2D eigenvalue weighted by molar-refractivity contribution is -0.142. The largest absolute Gasteiger partial charge is 0.465 e. The minimum atomic E-state index is -0.425. The van der Waals surface area contributed by atoms with E-state index in [4.69, 9.17) is 9.72 Å². The second-order valence-electron chi connectivity index (χ2n) is 7.66. The van der Waals surface area contributed by atoms with Crippen molar-refractivity contribution >= 4 is 17.7 Å². The Kier molecular flexibility index (Phi) is 5.58. The fourth-order valence-electron chi connectivity index (χ4n) is 4.57. The Balaban J connectivity index is 1.75. The average Bonchev–Trinajstić information content (AvgIpc) is 3.22. The first-order valence-corrected chi connectivity index (χ1v) is 11.0. The molecule has 0 bridgehead atoms. The van der Waals surface area contributed by atoms with Crippen molar-refractivity contribution in [1.82, 2.24) is 9.97 Å². The first kappa shape index (κ1) is 19.2. The molecule has 4 rings (SSSR count). The lowest BCUT2D eigenvalue weighted by Gasteiger charge is -2.30. The molecule has 1 heterocycles. The quantitative estimate of drug-likeness (QED) is 0.462. The van der Waals surface area contributed by atoms with Gasteiger partial charge in [0.15, 0.2) is 5.16 Å². The van der Waals surface area contributed by atoms with E-state index in [1.54, 1.807) is 13.8 Å². The lowest BCUT2D eigenvalue weighted by atomic mass is 9.74. The Morgan fingerprint density at radius 2 is 2.07 bits per heavy atom. The van der Waals surface area contributed by atoms with Gasteiger partial charge in [-0.05, 0) is 50.5 Å². The van der Waals surface area contributed by atoms with Gasteiger partial charge >= 0.3 is 5.97 Å². The minimum absolute atomic E-state index is 0.0602. The molecule has 6 heteroatoms. The maximum atomic E-state index is 13.1. The monoisotopic (exact) mass is 398 g/mol. The normalized spacial score (nSPS) is 19.7. The van der Waals surface area contributed by atoms with E-state index >= 15 is 0 Å². The molecule has 0 spiro atoms. The average molecular weight is 399 g/mol. The zero-order valence-corrected chi connectivity index (χ0v) is 17.2. The van der Waals surface area contributed by atoms with Crippen LogP contribution >= 0.6 is 11.8 Å². The fraction of sp³-hybridized carbons (Fsp3) is 0.500. The molecule has 0 aliphatic heterocycles. The van der Waals surface area contributed by atoms with Crippen molar-refractivity contribution in [1.29, 1.82) is 0 Å². The number of benzene rings is 1. The summed E-state index contributed by atoms with van der Waals surface area (Å²) in [5.41, 5.74) is 3.87. The van der Waals surface area contributed by atoms with Crippen LogP contribution < -0.4 is 5.56 Å². The van der Waals surface area contributed by atoms with Gasteiger partial charge in [-0.25, -0.2) is 4.98 Å². The van der Waals surface area contributed by atoms with E-state index in [1.165, 1.54) is 43.0 Å². The highest BCUT2D eigenvalue weighted by Crippen LogP contribution is 2.45. The summed E-state index contributed by atoms with van der Waals surface area (Å²) < 4.78 is 5.08. The van der Waals surface area contributed by atoms with Crippen molar-refractivity contribution in [2.75, 3.05) is 6.61 Å². The Morgan fingerprint density at radius 3 is 2.82 bits per heavy atom. The van der Waals surface area contributed by atoms with Gasteiger partial charge in [0.05, 0.1) is 12.3 Å². The van der Waals surface area contributed by atoms with Crippen LogP contribution in [-0.4, -0.2) is 27.8 Å². The van der Waals surface area contributed by atoms with Crippen LogP contribution in [-0.2, 0) is 16.0 Å². The van der Waals surface area contributed by atoms with Crippen molar-refractivity contribution in [2.45, 2.75) is 62.3 Å². The van der Waals surface area contributed by atoms with Crippen molar-refractivity contribution < 1.29 is 9.53 Å². The Morgan fingerprint density at radius 1 is 1.32 bits per heavy atom. The van der Waals surface area contributed by atoms with Gasteiger partial charge in [0, 0.05) is 11.1 Å². The molecular weight excluding hydrogens is 372 g/mol. The highest BCUT2D eigenvalue weighted by molar-refractivity contribution is 8.00. The van der Waals surface area contributed by atoms with E-state index in [2.05, 4.69) is 23.2 Å². The molecule has 2 atom stereocenters. The predicted molar refractivity (Wildman–Crippen MR) is 111 cm³/mol. The molecule has 1 fully saturated rings. The summed E-state index contributed by atoms with van der Waals surface area (Å²) in [6, 6.07) is 8.25. The number of hydrogen-bond donors (Lipinski definition) is 1. The fourth-order valence-corrected chi connectivity index (χ4v) is 5.37. The van der Waals surface area contributed by atoms with Crippen LogP contribution in [0.2, 0.25) is 0 Å². The van der Waals surface area contributed by atoms with Crippen molar-refractivity contribution in [3.05, 3.63) is 45.7 Å². The first-order chi connectivity index (χ1) is 13.6. The molecule has 28 heavy (non-hydrogen) atoms. The molecule has 5 nitrogen and oxygen atoms in total. The minimum Gasteiger partial charge on any atom is -0.465 e. The zero-order valence-electron chi connectivity index (χ0n) is 16.4. The third kappa shape index (κ3) is 3.62. The van der Waals surface area contributed by atoms with Crippen LogP contribution in [0.1, 0.15) is 56.6 Å². The molecule has 2 aliphatic rings. The zero-order chi connectivity index (χ0) is 19.7. The number of aromatic amines is 1. The van der Waals surface area contributed by atoms with Crippen molar-refractivity contribution in [2.24, 2.45) is 5.92 Å². The number of nitrogens with one attached hydrogen (secondary N) is 1. The number of nitrogens with zero attached hydrogens (tertiary/aromatic N) is 1. The van der Waals surface area contributed by atoms with Gasteiger partial charge < -0.3 is 9.72 Å². The molecular formula is C22H26N2O3S. The van der Waals surface area contributed by atoms with Crippen LogP contribution in [0, 0.1) is 5.92 Å². The van der Waals surface area contributed by atoms with Crippen molar-refractivity contribution in [3.8, 4) is 11.3 Å². The topological polar surface area (TPSA) is 72.0 Å². The van der Waals surface area contributed by atoms with Gasteiger partial charge in [0.1, 0.15) is 5.25 Å². The van der Waals surface area contributed by atoms with Crippen molar-refractivity contribution in [3.63, 3.8) is 0 Å². The summed E-state index contributed by atoms with van der Waals surface area (Å²) in [5.74, 6) is 0.481. The molecule has 0 radical (unpaired) electrons. The molecule has 0 amide bonds. The molecule has 2 aliphatic carbocycles. The Hall–Kier alpha value is -2.08. The number of rotatable bonds is 5. The van der Waals surface area contributed by atoms with Crippen LogP contribution in [0.3, 0.4) is 0 Å². The predicted octanol–water partition coefficient (Wildman–Crippen LogP) is 4.31. The van der Waals surface area contributed by atoms with Gasteiger partial charge in [-0.1, -0.05) is 48.9 Å². The number of hydrogen-bond acceptors (Lipinski definition) is 5. The summed E-state index contributed by atoms with van der Waals surface area (Å²) in [4.78, 5) is 32.9. The van der Waals surface area contributed by atoms with Crippen LogP contribution in [0.15, 0.2) is 34.2 Å². The van der Waals surface area contributed by atoms with Gasteiger partial charge in [0.25, 0.3) is 5.56 Å². The molecule has 0 saturated heterocycles. The summed E-state index contributed by atoms with van der Waals surface area (Å²) in [5, 5.41) is 0.0526. The molecule has 1 saturated carbocycles. The van der Waals surface area contributed by atoms with Gasteiger partial charge in [-0.3, -0.25) is 9.59 Å². The number of ether oxygens (including phenoxy) is 1. The second kappa shape index (κ2) is 8.11. The summed E-state index contributed by atoms with van der Waals surface area (Å²) >= 11 is 1.25. The van der Waals surface area contributed by atoms with Gasteiger partial charge in [0.2, 0.25) is 0 Å². The Labute approximate surface area is 169 Å². The standard InChI is InChI=1S/C22H26N2O3S/c1-3-27-21(26)13(2)28-22-23-19-16-11-7-6-10-15(16)12-17(14-8-4-5-9-14)18(19)20(25)24-22/h6-7,10-11,13-14,17H,3-5,8-9,12H2,1-2H3,(H,23,24,25). The van der Waals surface area contributed by atoms with E-state index in [0.29, 0.717) is 17.7 Å². The van der Waals surface area contributed by atoms with Crippen LogP contribution in [0.5, 0.6) is 0 Å². The molecule has 1 aromatic carbocycles. The molecule has 1 N–H and O–H groups in total. The number of carbonyl (C=O) groups excluding carboxylic acids is 1. The van der Waals surface area contributed by atoms with E-state index in [0.717, 1.165) is 23.2 Å². The number of H-pyrrole nitrogens is 1. The number of carbonyl (C=O) groups is 1. The number of thioether (sulfide) groups is 1. The molecule has 2 unspecified atom stereocenters. The second-order valence-corrected chi connectivity index (χ2v) is 8.99. The molecule has 148 valence electrons. The van der Waals surface area contributed by atoms with E-state index in [-0.39, 0.29) is 17.4 Å². The first-order valence-electron chi connectivity index (χ1n) is 10.1. The number of esters is 1. The lowest BCUT2D eigenvalue weighted by Crippen LogP contribution is -2.28. The molecule has 2 aromatic rings. The maximum Gasteiger partial charge on any atom is 0.319 e. The summed E-state index contributed by atoms with van der Waals surface area (Å²) in [6.07, 6.45) is 5.76. The Bertz CT molecular complexity index is 934. The SMILES string of the molecule is CCOC(=O)C(C)Sc1nc2c(c(=O)[nH]1)C(C1CCCC1)Cc1ccccc1-2. The third-order valence-corrected chi connectivity index (χ3v) is 6.86. The third-order valence-electron chi connectivity index (χ3n) is 5.89. The summed E-state index contributed by atoms with van der Waals surface area (Å²) in [7, 11) is 0. The number of aromatic nitrogens is 2. The highest BCUT2D eigenvalue weighted by Gasteiger charge is 2.35. The summed E-state index contributed by atoms with van der Waals surface area (Å²) in [6.45, 7) is 3.90. The smallest absolute Gasteiger partial charge is 0.319 e. The highest BCUT2D eigenvalue weighted by atomic mass is 32.2. The number of fused-ring (bicyclic) bond motifs is 3.